The van der Waals surface area contributed by atoms with Crippen molar-refractivity contribution in [1.82, 2.24) is 0 Å². The minimum Gasteiger partial charge on any atom is -0.493 e. The molecule has 2 aromatic carbocycles. The van der Waals surface area contributed by atoms with Gasteiger partial charge in [0.2, 0.25) is 18.4 Å². The van der Waals surface area contributed by atoms with Gasteiger partial charge in [-0.2, -0.15) is 0 Å². The number of rotatable bonds is 5. The zero-order chi connectivity index (χ0) is 19.7. The quantitative estimate of drug-likeness (QED) is 0.580. The third kappa shape index (κ3) is 3.09. The second-order valence-corrected chi connectivity index (χ2v) is 5.86. The molecular formula is C20H17NO7. The molecule has 0 radical (unpaired) electrons. The second-order valence-electron chi connectivity index (χ2n) is 5.86. The molecule has 8 nitrogen and oxygen atoms in total. The largest absolute Gasteiger partial charge is 0.493 e. The molecule has 0 aromatic heterocycles. The van der Waals surface area contributed by atoms with Crippen LogP contribution in [0.4, 0.5) is 0 Å². The number of hydrogen-bond acceptors (Lipinski definition) is 8. The molecule has 144 valence electrons. The predicted molar refractivity (Wildman–Crippen MR) is 99.3 cm³/mol. The topological polar surface area (TPSA) is 84.8 Å². The maximum Gasteiger partial charge on any atom is 0.363 e. The lowest BCUT2D eigenvalue weighted by molar-refractivity contribution is -0.129. The van der Waals surface area contributed by atoms with Crippen molar-refractivity contribution in [2.75, 3.05) is 28.1 Å². The van der Waals surface area contributed by atoms with E-state index >= 15 is 0 Å². The van der Waals surface area contributed by atoms with Crippen LogP contribution in [0.15, 0.2) is 41.0 Å². The van der Waals surface area contributed by atoms with Crippen LogP contribution in [0.2, 0.25) is 0 Å². The number of esters is 1. The molecule has 2 aliphatic heterocycles. The Morgan fingerprint density at radius 1 is 0.964 bits per heavy atom. The molecule has 2 aliphatic rings. The van der Waals surface area contributed by atoms with Crippen molar-refractivity contribution in [3.8, 4) is 28.7 Å². The molecule has 8 heteroatoms. The molecule has 0 spiro atoms. The molecule has 4 rings (SSSR count). The van der Waals surface area contributed by atoms with Gasteiger partial charge < -0.3 is 28.4 Å². The first-order chi connectivity index (χ1) is 13.6. The zero-order valence-corrected chi connectivity index (χ0v) is 15.5. The van der Waals surface area contributed by atoms with E-state index in [4.69, 9.17) is 28.4 Å². The van der Waals surface area contributed by atoms with Crippen LogP contribution < -0.4 is 23.7 Å². The number of benzene rings is 2. The standard InChI is InChI=1S/C20H17NO7/c1-23-16-8-12(9-17(24-2)18(16)25-3)19-21-13(20(22)28-19)6-11-4-5-14-15(7-11)27-10-26-14/h4-9H,10H2,1-3H3/b13-6-. The fourth-order valence-electron chi connectivity index (χ4n) is 2.90. The van der Waals surface area contributed by atoms with Gasteiger partial charge in [0.25, 0.3) is 0 Å². The van der Waals surface area contributed by atoms with Crippen LogP contribution in [-0.2, 0) is 9.53 Å². The third-order valence-corrected chi connectivity index (χ3v) is 4.23. The van der Waals surface area contributed by atoms with Gasteiger partial charge in [-0.1, -0.05) is 6.07 Å². The molecule has 0 N–H and O–H groups in total. The Morgan fingerprint density at radius 2 is 1.68 bits per heavy atom. The van der Waals surface area contributed by atoms with Gasteiger partial charge in [-0.15, -0.1) is 0 Å². The van der Waals surface area contributed by atoms with E-state index < -0.39 is 5.97 Å². The van der Waals surface area contributed by atoms with E-state index in [1.165, 1.54) is 21.3 Å². The number of hydrogen-bond donors (Lipinski definition) is 0. The Bertz CT molecular complexity index is 985. The monoisotopic (exact) mass is 383 g/mol. The fraction of sp³-hybridized carbons (Fsp3) is 0.200. The fourth-order valence-corrected chi connectivity index (χ4v) is 2.90. The van der Waals surface area contributed by atoms with E-state index in [0.29, 0.717) is 34.3 Å². The van der Waals surface area contributed by atoms with Gasteiger partial charge in [0.05, 0.1) is 21.3 Å². The number of fused-ring (bicyclic) bond motifs is 1. The average Bonchev–Trinajstić information content (AvgIpc) is 3.33. The number of cyclic esters (lactones) is 1. The van der Waals surface area contributed by atoms with E-state index in [2.05, 4.69) is 4.99 Å². The molecule has 0 atom stereocenters. The SMILES string of the molecule is COc1cc(C2=N/C(=C\c3ccc4c(c3)OCO4)C(=O)O2)cc(OC)c1OC. The number of carbonyl (C=O) groups excluding carboxylic acids is 1. The lowest BCUT2D eigenvalue weighted by Gasteiger charge is -2.13. The molecule has 0 bridgehead atoms. The number of aliphatic imine (C=N–C) groups is 1. The molecule has 0 amide bonds. The third-order valence-electron chi connectivity index (χ3n) is 4.23. The Kier molecular flexibility index (Phi) is 4.52. The molecule has 0 saturated heterocycles. The van der Waals surface area contributed by atoms with Gasteiger partial charge in [0.15, 0.2) is 28.7 Å². The van der Waals surface area contributed by atoms with Crippen LogP contribution in [0.25, 0.3) is 6.08 Å². The van der Waals surface area contributed by atoms with Crippen LogP contribution in [-0.4, -0.2) is 40.0 Å². The van der Waals surface area contributed by atoms with E-state index in [1.807, 2.05) is 0 Å². The van der Waals surface area contributed by atoms with Crippen molar-refractivity contribution in [1.29, 1.82) is 0 Å². The lowest BCUT2D eigenvalue weighted by atomic mass is 10.1. The highest BCUT2D eigenvalue weighted by molar-refractivity contribution is 6.13. The first-order valence-corrected chi connectivity index (χ1v) is 8.35. The van der Waals surface area contributed by atoms with E-state index in [9.17, 15) is 4.79 Å². The predicted octanol–water partition coefficient (Wildman–Crippen LogP) is 2.79. The number of nitrogens with zero attached hydrogens (tertiary/aromatic N) is 1. The average molecular weight is 383 g/mol. The van der Waals surface area contributed by atoms with Crippen LogP contribution in [0.1, 0.15) is 11.1 Å². The smallest absolute Gasteiger partial charge is 0.363 e. The second kappa shape index (κ2) is 7.15. The van der Waals surface area contributed by atoms with Crippen LogP contribution in [0, 0.1) is 0 Å². The van der Waals surface area contributed by atoms with E-state index in [-0.39, 0.29) is 18.4 Å². The first kappa shape index (κ1) is 17.7. The molecule has 0 aliphatic carbocycles. The highest BCUT2D eigenvalue weighted by Crippen LogP contribution is 2.39. The van der Waals surface area contributed by atoms with Crippen LogP contribution >= 0.6 is 0 Å². The minimum atomic E-state index is -0.554. The summed E-state index contributed by atoms with van der Waals surface area (Å²) >= 11 is 0. The van der Waals surface area contributed by atoms with Gasteiger partial charge in [-0.25, -0.2) is 9.79 Å². The summed E-state index contributed by atoms with van der Waals surface area (Å²) in [6.07, 6.45) is 1.62. The summed E-state index contributed by atoms with van der Waals surface area (Å²) in [6, 6.07) is 8.68. The Morgan fingerprint density at radius 3 is 2.36 bits per heavy atom. The zero-order valence-electron chi connectivity index (χ0n) is 15.5. The summed E-state index contributed by atoms with van der Waals surface area (Å²) in [7, 11) is 4.53. The molecule has 0 fully saturated rings. The Hall–Kier alpha value is -3.68. The van der Waals surface area contributed by atoms with Gasteiger partial charge in [-0.05, 0) is 35.9 Å². The molecule has 2 heterocycles. The van der Waals surface area contributed by atoms with Crippen molar-refractivity contribution in [3.05, 3.63) is 47.2 Å². The van der Waals surface area contributed by atoms with Gasteiger partial charge in [0, 0.05) is 5.56 Å². The molecule has 0 saturated carbocycles. The Balaban J connectivity index is 1.69. The molecular weight excluding hydrogens is 366 g/mol. The van der Waals surface area contributed by atoms with Crippen molar-refractivity contribution < 1.29 is 33.2 Å². The summed E-state index contributed by atoms with van der Waals surface area (Å²) in [4.78, 5) is 16.6. The van der Waals surface area contributed by atoms with Gasteiger partial charge in [-0.3, -0.25) is 0 Å². The minimum absolute atomic E-state index is 0.149. The molecule has 0 unspecified atom stereocenters. The Labute approximate surface area is 160 Å². The first-order valence-electron chi connectivity index (χ1n) is 8.35. The number of ether oxygens (including phenoxy) is 6. The summed E-state index contributed by atoms with van der Waals surface area (Å²) < 4.78 is 31.9. The summed E-state index contributed by atoms with van der Waals surface area (Å²) in [5, 5.41) is 0. The maximum absolute atomic E-state index is 12.3. The van der Waals surface area contributed by atoms with E-state index in [0.717, 1.165) is 5.56 Å². The number of carbonyl (C=O) groups is 1. The number of methoxy groups -OCH3 is 3. The van der Waals surface area contributed by atoms with E-state index in [1.54, 1.807) is 36.4 Å². The highest BCUT2D eigenvalue weighted by Gasteiger charge is 2.26. The van der Waals surface area contributed by atoms with Crippen LogP contribution in [0.5, 0.6) is 28.7 Å². The van der Waals surface area contributed by atoms with Crippen molar-refractivity contribution in [3.63, 3.8) is 0 Å². The van der Waals surface area contributed by atoms with Gasteiger partial charge >= 0.3 is 5.97 Å². The summed E-state index contributed by atoms with van der Waals surface area (Å²) in [5.41, 5.74) is 1.44. The van der Waals surface area contributed by atoms with Crippen molar-refractivity contribution in [2.45, 2.75) is 0 Å². The van der Waals surface area contributed by atoms with Crippen LogP contribution in [0.3, 0.4) is 0 Å². The van der Waals surface area contributed by atoms with Gasteiger partial charge in [0.1, 0.15) is 0 Å². The maximum atomic E-state index is 12.3. The molecule has 28 heavy (non-hydrogen) atoms. The summed E-state index contributed by atoms with van der Waals surface area (Å²) in [5.74, 6) is 2.19. The van der Waals surface area contributed by atoms with Crippen molar-refractivity contribution in [2.24, 2.45) is 4.99 Å². The highest BCUT2D eigenvalue weighted by atomic mass is 16.7. The lowest BCUT2D eigenvalue weighted by Crippen LogP contribution is -2.06. The van der Waals surface area contributed by atoms with Crippen molar-refractivity contribution >= 4 is 17.9 Å². The normalized spacial score (nSPS) is 16.0. The molecule has 2 aromatic rings. The summed E-state index contributed by atoms with van der Waals surface area (Å²) in [6.45, 7) is 0.181.